The van der Waals surface area contributed by atoms with E-state index in [2.05, 4.69) is 12.2 Å². The highest BCUT2D eigenvalue weighted by Gasteiger charge is 2.37. The van der Waals surface area contributed by atoms with Gasteiger partial charge < -0.3 is 5.32 Å². The van der Waals surface area contributed by atoms with Crippen molar-refractivity contribution in [3.05, 3.63) is 34.9 Å². The van der Waals surface area contributed by atoms with E-state index in [-0.39, 0.29) is 12.0 Å². The van der Waals surface area contributed by atoms with Gasteiger partial charge >= 0.3 is 0 Å². The minimum atomic E-state index is -0.741. The first kappa shape index (κ1) is 11.5. The Hall–Kier alpha value is -0.960. The maximum Gasteiger partial charge on any atom is 0.162 e. The van der Waals surface area contributed by atoms with Crippen LogP contribution in [0, 0.1) is 17.6 Å². The molecular weight excluding hydrogens is 208 g/mol. The van der Waals surface area contributed by atoms with Crippen LogP contribution in [0.5, 0.6) is 0 Å². The molecule has 88 valence electrons. The topological polar surface area (TPSA) is 12.0 Å². The van der Waals surface area contributed by atoms with Crippen LogP contribution in [0.25, 0.3) is 0 Å². The van der Waals surface area contributed by atoms with E-state index in [0.29, 0.717) is 11.5 Å². The van der Waals surface area contributed by atoms with Gasteiger partial charge in [0.15, 0.2) is 11.6 Å². The molecule has 1 N–H and O–H groups in total. The summed E-state index contributed by atoms with van der Waals surface area (Å²) in [7, 11) is 0. The third kappa shape index (κ3) is 1.54. The van der Waals surface area contributed by atoms with Crippen molar-refractivity contribution in [2.75, 3.05) is 6.54 Å². The summed E-state index contributed by atoms with van der Waals surface area (Å²) in [5.41, 5.74) is 1.47. The number of rotatable bonds is 2. The molecule has 1 aromatic rings. The Morgan fingerprint density at radius 1 is 1.25 bits per heavy atom. The highest BCUT2D eigenvalue weighted by atomic mass is 19.2. The predicted octanol–water partition coefficient (Wildman–Crippen LogP) is 3.37. The zero-order valence-electron chi connectivity index (χ0n) is 9.85. The van der Waals surface area contributed by atoms with Gasteiger partial charge in [-0.2, -0.15) is 0 Å². The van der Waals surface area contributed by atoms with Crippen LogP contribution in [0.2, 0.25) is 0 Å². The van der Waals surface area contributed by atoms with E-state index in [1.54, 1.807) is 6.07 Å². The van der Waals surface area contributed by atoms with E-state index in [1.807, 2.05) is 13.8 Å². The summed E-state index contributed by atoms with van der Waals surface area (Å²) in [4.78, 5) is 0. The van der Waals surface area contributed by atoms with E-state index in [4.69, 9.17) is 0 Å². The molecular formula is C13H17F2N. The third-order valence-electron chi connectivity index (χ3n) is 3.70. The Morgan fingerprint density at radius 2 is 1.94 bits per heavy atom. The molecule has 0 saturated heterocycles. The maximum atomic E-state index is 13.7. The summed E-state index contributed by atoms with van der Waals surface area (Å²) in [5.74, 6) is -1.05. The van der Waals surface area contributed by atoms with Crippen LogP contribution in [-0.2, 0) is 0 Å². The largest absolute Gasteiger partial charge is 0.310 e. The highest BCUT2D eigenvalue weighted by molar-refractivity contribution is 5.40. The van der Waals surface area contributed by atoms with Crippen molar-refractivity contribution >= 4 is 0 Å². The maximum absolute atomic E-state index is 13.7. The van der Waals surface area contributed by atoms with Gasteiger partial charge in [-0.25, -0.2) is 8.78 Å². The lowest BCUT2D eigenvalue weighted by Gasteiger charge is -2.19. The summed E-state index contributed by atoms with van der Waals surface area (Å²) < 4.78 is 26.9. The first-order valence-electron chi connectivity index (χ1n) is 5.79. The van der Waals surface area contributed by atoms with Crippen molar-refractivity contribution in [3.63, 3.8) is 0 Å². The zero-order chi connectivity index (χ0) is 11.9. The van der Waals surface area contributed by atoms with Crippen molar-refractivity contribution in [2.24, 2.45) is 5.92 Å². The number of nitrogens with one attached hydrogen (secondary N) is 1. The molecule has 0 aromatic heterocycles. The highest BCUT2D eigenvalue weighted by Crippen LogP contribution is 2.46. The second kappa shape index (κ2) is 4.13. The smallest absolute Gasteiger partial charge is 0.162 e. The molecule has 0 fully saturated rings. The van der Waals surface area contributed by atoms with Crippen molar-refractivity contribution in [1.82, 2.24) is 5.32 Å². The van der Waals surface area contributed by atoms with Gasteiger partial charge in [-0.3, -0.25) is 0 Å². The second-order valence-corrected chi connectivity index (χ2v) is 4.55. The minimum Gasteiger partial charge on any atom is -0.310 e. The molecule has 0 aliphatic heterocycles. The molecule has 0 radical (unpaired) electrons. The van der Waals surface area contributed by atoms with E-state index >= 15 is 0 Å². The van der Waals surface area contributed by atoms with Gasteiger partial charge in [-0.05, 0) is 35.6 Å². The van der Waals surface area contributed by atoms with Gasteiger partial charge in [0.2, 0.25) is 0 Å². The molecule has 1 aliphatic rings. The Kier molecular flexibility index (Phi) is 2.98. The van der Waals surface area contributed by atoms with Crippen LogP contribution in [0.4, 0.5) is 8.78 Å². The molecule has 1 aliphatic carbocycles. The molecule has 0 saturated carbocycles. The SMILES string of the molecule is CCNC1c2ccc(F)c(F)c2C(C)C1C. The number of hydrogen-bond donors (Lipinski definition) is 1. The number of hydrogen-bond acceptors (Lipinski definition) is 1. The molecule has 3 atom stereocenters. The molecule has 2 rings (SSSR count). The zero-order valence-corrected chi connectivity index (χ0v) is 9.85. The van der Waals surface area contributed by atoms with E-state index in [1.165, 1.54) is 6.07 Å². The average Bonchev–Trinajstić information content (AvgIpc) is 2.50. The van der Waals surface area contributed by atoms with Crippen molar-refractivity contribution in [1.29, 1.82) is 0 Å². The Morgan fingerprint density at radius 3 is 2.56 bits per heavy atom. The van der Waals surface area contributed by atoms with Crippen LogP contribution in [0.15, 0.2) is 12.1 Å². The van der Waals surface area contributed by atoms with Crippen LogP contribution in [0.1, 0.15) is 43.9 Å². The van der Waals surface area contributed by atoms with Crippen LogP contribution >= 0.6 is 0 Å². The van der Waals surface area contributed by atoms with E-state index < -0.39 is 11.6 Å². The normalized spacial score (nSPS) is 28.2. The van der Waals surface area contributed by atoms with E-state index in [9.17, 15) is 8.78 Å². The molecule has 1 aromatic carbocycles. The van der Waals surface area contributed by atoms with Crippen LogP contribution in [-0.4, -0.2) is 6.54 Å². The minimum absolute atomic E-state index is 0.0646. The lowest BCUT2D eigenvalue weighted by molar-refractivity contribution is 0.383. The van der Waals surface area contributed by atoms with E-state index in [0.717, 1.165) is 12.1 Å². The number of fused-ring (bicyclic) bond motifs is 1. The molecule has 0 heterocycles. The lowest BCUT2D eigenvalue weighted by Crippen LogP contribution is -2.24. The number of halogens is 2. The molecule has 1 nitrogen and oxygen atoms in total. The van der Waals surface area contributed by atoms with Crippen molar-refractivity contribution in [3.8, 4) is 0 Å². The summed E-state index contributed by atoms with van der Waals surface area (Å²) in [6, 6.07) is 3.08. The molecule has 3 unspecified atom stereocenters. The predicted molar refractivity (Wildman–Crippen MR) is 60.4 cm³/mol. The van der Waals surface area contributed by atoms with Gasteiger partial charge in [-0.1, -0.05) is 26.8 Å². The first-order valence-corrected chi connectivity index (χ1v) is 5.79. The van der Waals surface area contributed by atoms with Gasteiger partial charge in [0, 0.05) is 6.04 Å². The third-order valence-corrected chi connectivity index (χ3v) is 3.70. The van der Waals surface area contributed by atoms with Gasteiger partial charge in [-0.15, -0.1) is 0 Å². The van der Waals surface area contributed by atoms with Crippen molar-refractivity contribution < 1.29 is 8.78 Å². The number of benzene rings is 1. The quantitative estimate of drug-likeness (QED) is 0.813. The molecule has 0 spiro atoms. The van der Waals surface area contributed by atoms with Crippen LogP contribution < -0.4 is 5.32 Å². The fourth-order valence-electron chi connectivity index (χ4n) is 2.67. The fraction of sp³-hybridized carbons (Fsp3) is 0.538. The van der Waals surface area contributed by atoms with Gasteiger partial charge in [0.25, 0.3) is 0 Å². The average molecular weight is 225 g/mol. The standard InChI is InChI=1S/C13H17F2N/c1-4-16-13-8(3)7(2)11-9(13)5-6-10(14)12(11)15/h5-8,13,16H,4H2,1-3H3. The Labute approximate surface area is 94.9 Å². The van der Waals surface area contributed by atoms with Crippen LogP contribution in [0.3, 0.4) is 0 Å². The molecule has 0 bridgehead atoms. The summed E-state index contributed by atoms with van der Waals surface area (Å²) in [5, 5.41) is 3.34. The monoisotopic (exact) mass is 225 g/mol. The Balaban J connectivity index is 2.51. The van der Waals surface area contributed by atoms with Crippen molar-refractivity contribution in [2.45, 2.75) is 32.7 Å². The summed E-state index contributed by atoms with van der Waals surface area (Å²) >= 11 is 0. The van der Waals surface area contributed by atoms with Gasteiger partial charge in [0.05, 0.1) is 0 Å². The second-order valence-electron chi connectivity index (χ2n) is 4.55. The fourth-order valence-corrected chi connectivity index (χ4v) is 2.67. The lowest BCUT2D eigenvalue weighted by atomic mass is 9.94. The summed E-state index contributed by atoms with van der Waals surface area (Å²) in [6.45, 7) is 6.90. The Bertz CT molecular complexity index is 403. The first-order chi connectivity index (χ1) is 7.57. The summed E-state index contributed by atoms with van der Waals surface area (Å²) in [6.07, 6.45) is 0. The molecule has 16 heavy (non-hydrogen) atoms. The molecule has 3 heteroatoms. The van der Waals surface area contributed by atoms with Gasteiger partial charge in [0.1, 0.15) is 0 Å². The molecule has 0 amide bonds.